The molecule has 0 aliphatic heterocycles. The highest BCUT2D eigenvalue weighted by Crippen LogP contribution is 2.24. The molecule has 0 saturated heterocycles. The zero-order chi connectivity index (χ0) is 18.7. The maximum Gasteiger partial charge on any atom is 0.240 e. The predicted molar refractivity (Wildman–Crippen MR) is 106 cm³/mol. The fraction of sp³-hybridized carbons (Fsp3) is 0.316. The average molecular weight is 437 g/mol. The number of sulfonamides is 1. The van der Waals surface area contributed by atoms with Crippen molar-refractivity contribution < 1.29 is 13.2 Å². The molecule has 0 atom stereocenters. The van der Waals surface area contributed by atoms with Crippen molar-refractivity contribution in [2.24, 2.45) is 0 Å². The summed E-state index contributed by atoms with van der Waals surface area (Å²) in [5, 5.41) is 2.88. The van der Waals surface area contributed by atoms with Gasteiger partial charge in [-0.1, -0.05) is 18.2 Å². The second-order valence-electron chi connectivity index (χ2n) is 6.57. The number of aryl methyl sites for hydroxylation is 2. The van der Waals surface area contributed by atoms with Gasteiger partial charge in [0.25, 0.3) is 0 Å². The van der Waals surface area contributed by atoms with Crippen LogP contribution in [0.25, 0.3) is 0 Å². The minimum absolute atomic E-state index is 0.0818. The first-order chi connectivity index (χ1) is 12.3. The molecule has 0 bridgehead atoms. The van der Waals surface area contributed by atoms with E-state index in [4.69, 9.17) is 0 Å². The van der Waals surface area contributed by atoms with Gasteiger partial charge in [0, 0.05) is 16.9 Å². The van der Waals surface area contributed by atoms with Gasteiger partial charge in [0.2, 0.25) is 15.9 Å². The fourth-order valence-electron chi connectivity index (χ4n) is 2.52. The van der Waals surface area contributed by atoms with E-state index in [1.807, 2.05) is 25.1 Å². The van der Waals surface area contributed by atoms with Crippen molar-refractivity contribution >= 4 is 37.5 Å². The normalized spacial score (nSPS) is 14.2. The SMILES string of the molecule is Cc1ccc(NC(=O)CCc2ccc(S(=O)(=O)NC3CC3)cc2)c(Br)c1. The molecule has 0 aromatic heterocycles. The summed E-state index contributed by atoms with van der Waals surface area (Å²) in [7, 11) is -3.43. The molecule has 5 nitrogen and oxygen atoms in total. The lowest BCUT2D eigenvalue weighted by Crippen LogP contribution is -2.25. The monoisotopic (exact) mass is 436 g/mol. The third kappa shape index (κ3) is 5.16. The maximum absolute atomic E-state index is 12.1. The Balaban J connectivity index is 1.55. The van der Waals surface area contributed by atoms with Gasteiger partial charge in [-0.3, -0.25) is 4.79 Å². The molecule has 1 aliphatic carbocycles. The maximum atomic E-state index is 12.1. The van der Waals surface area contributed by atoms with Crippen LogP contribution in [0, 0.1) is 6.92 Å². The Kier molecular flexibility index (Phi) is 5.79. The summed E-state index contributed by atoms with van der Waals surface area (Å²) in [6, 6.07) is 12.5. The minimum Gasteiger partial charge on any atom is -0.325 e. The number of rotatable bonds is 7. The Hall–Kier alpha value is -1.70. The van der Waals surface area contributed by atoms with E-state index in [0.29, 0.717) is 12.8 Å². The van der Waals surface area contributed by atoms with Gasteiger partial charge in [-0.2, -0.15) is 0 Å². The van der Waals surface area contributed by atoms with Crippen molar-refractivity contribution in [1.82, 2.24) is 4.72 Å². The third-order valence-corrected chi connectivity index (χ3v) is 6.36. The van der Waals surface area contributed by atoms with Crippen molar-refractivity contribution in [3.8, 4) is 0 Å². The smallest absolute Gasteiger partial charge is 0.240 e. The number of nitrogens with one attached hydrogen (secondary N) is 2. The number of hydrogen-bond acceptors (Lipinski definition) is 3. The molecular weight excluding hydrogens is 416 g/mol. The molecule has 3 rings (SSSR count). The molecule has 2 aromatic carbocycles. The van der Waals surface area contributed by atoms with E-state index in [0.717, 1.165) is 34.1 Å². The van der Waals surface area contributed by atoms with Crippen LogP contribution in [0.5, 0.6) is 0 Å². The van der Waals surface area contributed by atoms with Gasteiger partial charge < -0.3 is 5.32 Å². The van der Waals surface area contributed by atoms with Crippen LogP contribution in [0.15, 0.2) is 51.8 Å². The van der Waals surface area contributed by atoms with E-state index in [2.05, 4.69) is 26.0 Å². The molecule has 1 fully saturated rings. The highest BCUT2D eigenvalue weighted by Gasteiger charge is 2.27. The number of hydrogen-bond donors (Lipinski definition) is 2. The lowest BCUT2D eigenvalue weighted by molar-refractivity contribution is -0.116. The standard InChI is InChI=1S/C19H21BrN2O3S/c1-13-2-10-18(17(20)12-13)21-19(23)11-5-14-3-8-16(9-4-14)26(24,25)22-15-6-7-15/h2-4,8-10,12,15,22H,5-7,11H2,1H3,(H,21,23). The Morgan fingerprint density at radius 2 is 1.85 bits per heavy atom. The molecule has 138 valence electrons. The van der Waals surface area contributed by atoms with Crippen molar-refractivity contribution in [2.45, 2.75) is 43.5 Å². The molecule has 2 N–H and O–H groups in total. The number of amides is 1. The topological polar surface area (TPSA) is 75.3 Å². The fourth-order valence-corrected chi connectivity index (χ4v) is 4.41. The molecule has 0 radical (unpaired) electrons. The molecule has 26 heavy (non-hydrogen) atoms. The molecular formula is C19H21BrN2O3S. The van der Waals surface area contributed by atoms with Gasteiger partial charge >= 0.3 is 0 Å². The summed E-state index contributed by atoms with van der Waals surface area (Å²) < 4.78 is 27.8. The molecule has 1 aliphatic rings. The van der Waals surface area contributed by atoms with Crippen molar-refractivity contribution in [1.29, 1.82) is 0 Å². The first kappa shape index (κ1) is 19.1. The number of carbonyl (C=O) groups excluding carboxylic acids is 1. The van der Waals surface area contributed by atoms with Crippen molar-refractivity contribution in [3.63, 3.8) is 0 Å². The second-order valence-corrected chi connectivity index (χ2v) is 9.14. The van der Waals surface area contributed by atoms with Gasteiger partial charge in [-0.25, -0.2) is 13.1 Å². The first-order valence-corrected chi connectivity index (χ1v) is 10.8. The summed E-state index contributed by atoms with van der Waals surface area (Å²) in [6.07, 6.45) is 2.69. The highest BCUT2D eigenvalue weighted by molar-refractivity contribution is 9.10. The molecule has 0 heterocycles. The Morgan fingerprint density at radius 3 is 2.46 bits per heavy atom. The zero-order valence-corrected chi connectivity index (χ0v) is 16.9. The van der Waals surface area contributed by atoms with Gasteiger partial charge in [0.05, 0.1) is 10.6 Å². The van der Waals surface area contributed by atoms with Crippen molar-refractivity contribution in [3.05, 3.63) is 58.1 Å². The second kappa shape index (κ2) is 7.90. The number of anilines is 1. The van der Waals surface area contributed by atoms with E-state index < -0.39 is 10.0 Å². The third-order valence-electron chi connectivity index (χ3n) is 4.17. The van der Waals surface area contributed by atoms with Gasteiger partial charge in [-0.15, -0.1) is 0 Å². The largest absolute Gasteiger partial charge is 0.325 e. The van der Waals surface area contributed by atoms with Crippen LogP contribution in [0.4, 0.5) is 5.69 Å². The minimum atomic E-state index is -3.43. The molecule has 1 amide bonds. The highest BCUT2D eigenvalue weighted by atomic mass is 79.9. The summed E-state index contributed by atoms with van der Waals surface area (Å²) >= 11 is 3.44. The number of halogens is 1. The van der Waals surface area contributed by atoms with E-state index in [9.17, 15) is 13.2 Å². The zero-order valence-electron chi connectivity index (χ0n) is 14.5. The summed E-state index contributed by atoms with van der Waals surface area (Å²) in [4.78, 5) is 12.4. The van der Waals surface area contributed by atoms with Crippen LogP contribution in [-0.4, -0.2) is 20.4 Å². The summed E-state index contributed by atoms with van der Waals surface area (Å²) in [6.45, 7) is 1.99. The van der Waals surface area contributed by atoms with Gasteiger partial charge in [0.15, 0.2) is 0 Å². The van der Waals surface area contributed by atoms with E-state index >= 15 is 0 Å². The predicted octanol–water partition coefficient (Wildman–Crippen LogP) is 3.77. The Morgan fingerprint density at radius 1 is 1.15 bits per heavy atom. The van der Waals surface area contributed by atoms with Gasteiger partial charge in [0.1, 0.15) is 0 Å². The van der Waals surface area contributed by atoms with Crippen LogP contribution >= 0.6 is 15.9 Å². The number of carbonyl (C=O) groups is 1. The lowest BCUT2D eigenvalue weighted by atomic mass is 10.1. The quantitative estimate of drug-likeness (QED) is 0.693. The molecule has 7 heteroatoms. The molecule has 0 unspecified atom stereocenters. The van der Waals surface area contributed by atoms with Crippen LogP contribution in [0.1, 0.15) is 30.4 Å². The van der Waals surface area contributed by atoms with Crippen LogP contribution in [-0.2, 0) is 21.2 Å². The van der Waals surface area contributed by atoms with Crippen LogP contribution in [0.2, 0.25) is 0 Å². The van der Waals surface area contributed by atoms with E-state index in [1.165, 1.54) is 0 Å². The van der Waals surface area contributed by atoms with Crippen molar-refractivity contribution in [2.75, 3.05) is 5.32 Å². The Bertz CT molecular complexity index is 907. The van der Waals surface area contributed by atoms with Crippen LogP contribution < -0.4 is 10.0 Å². The molecule has 1 saturated carbocycles. The summed E-state index contributed by atoms with van der Waals surface area (Å²) in [5.41, 5.74) is 2.78. The lowest BCUT2D eigenvalue weighted by Gasteiger charge is -2.09. The Labute approximate surface area is 162 Å². The van der Waals surface area contributed by atoms with E-state index in [-0.39, 0.29) is 16.8 Å². The van der Waals surface area contributed by atoms with Crippen LogP contribution in [0.3, 0.4) is 0 Å². The van der Waals surface area contributed by atoms with Gasteiger partial charge in [-0.05, 0) is 77.5 Å². The van der Waals surface area contributed by atoms with E-state index in [1.54, 1.807) is 24.3 Å². The summed E-state index contributed by atoms with van der Waals surface area (Å²) in [5.74, 6) is -0.0818. The number of benzene rings is 2. The first-order valence-electron chi connectivity index (χ1n) is 8.51. The molecule has 0 spiro atoms. The average Bonchev–Trinajstić information content (AvgIpc) is 3.39. The molecule has 2 aromatic rings.